The van der Waals surface area contributed by atoms with Crippen molar-refractivity contribution in [2.75, 3.05) is 24.6 Å². The zero-order valence-corrected chi connectivity index (χ0v) is 13.3. The number of nitrogens with one attached hydrogen (secondary N) is 1. The number of amides is 2. The average Bonchev–Trinajstić information content (AvgIpc) is 3.09. The number of hydrogen-bond acceptors (Lipinski definition) is 4. The molecule has 0 spiro atoms. The number of rotatable bonds is 5. The van der Waals surface area contributed by atoms with Crippen LogP contribution in [-0.2, 0) is 14.3 Å². The topological polar surface area (TPSA) is 67.9 Å². The maximum atomic E-state index is 12.5. The van der Waals surface area contributed by atoms with Gasteiger partial charge in [-0.1, -0.05) is 19.1 Å². The number of fused-ring (bicyclic) bond motifs is 1. The Hall–Kier alpha value is -2.08. The van der Waals surface area contributed by atoms with Crippen LogP contribution in [0.4, 0.5) is 5.69 Å². The molecule has 23 heavy (non-hydrogen) atoms. The van der Waals surface area contributed by atoms with Gasteiger partial charge in [-0.25, -0.2) is 0 Å². The fraction of sp³-hybridized carbons (Fsp3) is 0.529. The van der Waals surface area contributed by atoms with Crippen molar-refractivity contribution in [3.05, 3.63) is 24.3 Å². The van der Waals surface area contributed by atoms with Crippen LogP contribution in [0.5, 0.6) is 5.75 Å². The summed E-state index contributed by atoms with van der Waals surface area (Å²) in [4.78, 5) is 26.2. The van der Waals surface area contributed by atoms with Crippen LogP contribution in [0.15, 0.2) is 24.3 Å². The normalized spacial score (nSPS) is 23.3. The van der Waals surface area contributed by atoms with Crippen molar-refractivity contribution in [2.45, 2.75) is 38.4 Å². The van der Waals surface area contributed by atoms with Crippen molar-refractivity contribution in [3.8, 4) is 5.75 Å². The van der Waals surface area contributed by atoms with Crippen LogP contribution < -0.4 is 15.0 Å². The van der Waals surface area contributed by atoms with Crippen LogP contribution in [0.3, 0.4) is 0 Å². The summed E-state index contributed by atoms with van der Waals surface area (Å²) in [7, 11) is 0. The van der Waals surface area contributed by atoms with Gasteiger partial charge >= 0.3 is 0 Å². The second kappa shape index (κ2) is 7.00. The minimum atomic E-state index is -0.532. The SMILES string of the molecule is CC[C@H]1Oc2ccccc2N(CC(=O)NC[C@@H]2CCCO2)C1=O. The minimum absolute atomic E-state index is 0.00241. The number of hydrogen-bond donors (Lipinski definition) is 1. The van der Waals surface area contributed by atoms with E-state index in [1.165, 1.54) is 4.90 Å². The Bertz CT molecular complexity index is 584. The molecule has 6 heteroatoms. The summed E-state index contributed by atoms with van der Waals surface area (Å²) in [5.74, 6) is 0.296. The first-order valence-corrected chi connectivity index (χ1v) is 8.14. The van der Waals surface area contributed by atoms with Crippen LogP contribution in [0.25, 0.3) is 0 Å². The third-order valence-corrected chi connectivity index (χ3v) is 4.19. The van der Waals surface area contributed by atoms with Crippen molar-refractivity contribution in [1.29, 1.82) is 0 Å². The minimum Gasteiger partial charge on any atom is -0.478 e. The second-order valence-electron chi connectivity index (χ2n) is 5.85. The highest BCUT2D eigenvalue weighted by molar-refractivity contribution is 6.03. The van der Waals surface area contributed by atoms with E-state index in [4.69, 9.17) is 9.47 Å². The Morgan fingerprint density at radius 3 is 2.96 bits per heavy atom. The standard InChI is InChI=1S/C17H22N2O4/c1-2-14-17(21)19(13-7-3-4-8-15(13)23-14)11-16(20)18-10-12-6-5-9-22-12/h3-4,7-8,12,14H,2,5-6,9-11H2,1H3,(H,18,20)/t12-,14+/m0/s1. The monoisotopic (exact) mass is 318 g/mol. The highest BCUT2D eigenvalue weighted by Crippen LogP contribution is 2.34. The first-order valence-electron chi connectivity index (χ1n) is 8.14. The Kier molecular flexibility index (Phi) is 4.81. The number of carbonyl (C=O) groups is 2. The van der Waals surface area contributed by atoms with Crippen molar-refractivity contribution in [1.82, 2.24) is 5.32 Å². The molecule has 1 aromatic rings. The van der Waals surface area contributed by atoms with Crippen LogP contribution in [0.1, 0.15) is 26.2 Å². The predicted octanol–water partition coefficient (Wildman–Crippen LogP) is 1.49. The molecular weight excluding hydrogens is 296 g/mol. The number of carbonyl (C=O) groups excluding carboxylic acids is 2. The number of benzene rings is 1. The van der Waals surface area contributed by atoms with Crippen molar-refractivity contribution in [2.24, 2.45) is 0 Å². The first-order chi connectivity index (χ1) is 11.2. The van der Waals surface area contributed by atoms with E-state index in [1.54, 1.807) is 6.07 Å². The molecule has 124 valence electrons. The van der Waals surface area contributed by atoms with E-state index in [9.17, 15) is 9.59 Å². The van der Waals surface area contributed by atoms with Gasteiger partial charge in [0.15, 0.2) is 6.10 Å². The Labute approximate surface area is 135 Å². The molecular formula is C17H22N2O4. The summed E-state index contributed by atoms with van der Waals surface area (Å²) in [6.45, 7) is 3.15. The molecule has 0 bridgehead atoms. The lowest BCUT2D eigenvalue weighted by molar-refractivity contribution is -0.129. The second-order valence-corrected chi connectivity index (χ2v) is 5.85. The van der Waals surface area contributed by atoms with Gasteiger partial charge in [-0.15, -0.1) is 0 Å². The van der Waals surface area contributed by atoms with Gasteiger partial charge in [-0.05, 0) is 31.4 Å². The molecule has 1 saturated heterocycles. The van der Waals surface area contributed by atoms with Crippen molar-refractivity contribution >= 4 is 17.5 Å². The molecule has 2 atom stereocenters. The summed E-state index contributed by atoms with van der Waals surface area (Å²) in [5, 5.41) is 2.86. The van der Waals surface area contributed by atoms with Crippen LogP contribution in [-0.4, -0.2) is 43.7 Å². The lowest BCUT2D eigenvalue weighted by Gasteiger charge is -2.33. The van der Waals surface area contributed by atoms with Crippen LogP contribution >= 0.6 is 0 Å². The molecule has 1 fully saturated rings. The van der Waals surface area contributed by atoms with E-state index in [2.05, 4.69) is 5.32 Å². The molecule has 2 heterocycles. The molecule has 2 aliphatic rings. The molecule has 1 aromatic carbocycles. The van der Waals surface area contributed by atoms with Crippen molar-refractivity contribution < 1.29 is 19.1 Å². The molecule has 3 rings (SSSR count). The lowest BCUT2D eigenvalue weighted by atomic mass is 10.1. The van der Waals surface area contributed by atoms with Crippen LogP contribution in [0, 0.1) is 0 Å². The Morgan fingerprint density at radius 2 is 2.22 bits per heavy atom. The quantitative estimate of drug-likeness (QED) is 0.893. The van der Waals surface area contributed by atoms with E-state index in [1.807, 2.05) is 25.1 Å². The molecule has 0 saturated carbocycles. The van der Waals surface area contributed by atoms with Gasteiger partial charge in [-0.2, -0.15) is 0 Å². The fourth-order valence-corrected chi connectivity index (χ4v) is 2.93. The molecule has 0 aliphatic carbocycles. The number of nitrogens with zero attached hydrogens (tertiary/aromatic N) is 1. The van der Waals surface area contributed by atoms with E-state index in [-0.39, 0.29) is 24.5 Å². The molecule has 2 amide bonds. The van der Waals surface area contributed by atoms with E-state index < -0.39 is 6.10 Å². The van der Waals surface area contributed by atoms with Gasteiger partial charge in [0, 0.05) is 13.2 Å². The molecule has 0 unspecified atom stereocenters. The number of ether oxygens (including phenoxy) is 2. The van der Waals surface area contributed by atoms with Crippen LogP contribution in [0.2, 0.25) is 0 Å². The maximum Gasteiger partial charge on any atom is 0.268 e. The average molecular weight is 318 g/mol. The van der Waals surface area contributed by atoms with Gasteiger partial charge in [-0.3, -0.25) is 14.5 Å². The largest absolute Gasteiger partial charge is 0.478 e. The Balaban J connectivity index is 1.67. The van der Waals surface area contributed by atoms with Gasteiger partial charge < -0.3 is 14.8 Å². The predicted molar refractivity (Wildman–Crippen MR) is 85.5 cm³/mol. The third-order valence-electron chi connectivity index (χ3n) is 4.19. The third kappa shape index (κ3) is 3.47. The van der Waals surface area contributed by atoms with Gasteiger partial charge in [0.05, 0.1) is 11.8 Å². The maximum absolute atomic E-state index is 12.5. The van der Waals surface area contributed by atoms with E-state index >= 15 is 0 Å². The summed E-state index contributed by atoms with van der Waals surface area (Å²) >= 11 is 0. The summed E-state index contributed by atoms with van der Waals surface area (Å²) in [6, 6.07) is 7.31. The Morgan fingerprint density at radius 1 is 1.39 bits per heavy atom. The number of para-hydroxylation sites is 2. The molecule has 0 aromatic heterocycles. The smallest absolute Gasteiger partial charge is 0.268 e. The van der Waals surface area contributed by atoms with Crippen molar-refractivity contribution in [3.63, 3.8) is 0 Å². The first kappa shape index (κ1) is 15.8. The van der Waals surface area contributed by atoms with Gasteiger partial charge in [0.2, 0.25) is 5.91 Å². The summed E-state index contributed by atoms with van der Waals surface area (Å²) in [6.07, 6.45) is 2.14. The van der Waals surface area contributed by atoms with Gasteiger partial charge in [0.25, 0.3) is 5.91 Å². The molecule has 6 nitrogen and oxygen atoms in total. The lowest BCUT2D eigenvalue weighted by Crippen LogP contribution is -2.50. The van der Waals surface area contributed by atoms with Gasteiger partial charge in [0.1, 0.15) is 12.3 Å². The van der Waals surface area contributed by atoms with E-state index in [0.717, 1.165) is 19.4 Å². The molecule has 0 radical (unpaired) electrons. The zero-order chi connectivity index (χ0) is 16.2. The number of anilines is 1. The fourth-order valence-electron chi connectivity index (χ4n) is 2.93. The highest BCUT2D eigenvalue weighted by Gasteiger charge is 2.34. The molecule has 2 aliphatic heterocycles. The summed E-state index contributed by atoms with van der Waals surface area (Å²) in [5.41, 5.74) is 0.648. The van der Waals surface area contributed by atoms with E-state index in [0.29, 0.717) is 24.4 Å². The highest BCUT2D eigenvalue weighted by atomic mass is 16.5. The summed E-state index contributed by atoms with van der Waals surface area (Å²) < 4.78 is 11.2. The zero-order valence-electron chi connectivity index (χ0n) is 13.3. The molecule has 1 N–H and O–H groups in total.